The molecule has 1 heterocycles. The standard InChI is InChI=1S/C13H14BrN3O/c1-9-6-15-8-13(17-9)16-7-10-3-4-12(18-2)11(14)5-10/h3-6,8H,7H2,1-2H3,(H,16,17). The molecule has 0 saturated carbocycles. The number of benzene rings is 1. The minimum Gasteiger partial charge on any atom is -0.496 e. The fourth-order valence-corrected chi connectivity index (χ4v) is 2.15. The summed E-state index contributed by atoms with van der Waals surface area (Å²) in [4.78, 5) is 8.42. The maximum absolute atomic E-state index is 5.19. The van der Waals surface area contributed by atoms with Crippen molar-refractivity contribution in [2.24, 2.45) is 0 Å². The quantitative estimate of drug-likeness (QED) is 0.942. The molecule has 0 unspecified atom stereocenters. The molecule has 0 saturated heterocycles. The lowest BCUT2D eigenvalue weighted by atomic mass is 10.2. The number of nitrogens with zero attached hydrogens (tertiary/aromatic N) is 2. The molecule has 0 atom stereocenters. The van der Waals surface area contributed by atoms with Gasteiger partial charge in [0, 0.05) is 12.7 Å². The highest BCUT2D eigenvalue weighted by atomic mass is 79.9. The van der Waals surface area contributed by atoms with E-state index in [2.05, 4.69) is 31.2 Å². The Morgan fingerprint density at radius 1 is 1.33 bits per heavy atom. The van der Waals surface area contributed by atoms with Gasteiger partial charge in [0.05, 0.1) is 23.5 Å². The lowest BCUT2D eigenvalue weighted by Crippen LogP contribution is -2.02. The van der Waals surface area contributed by atoms with E-state index < -0.39 is 0 Å². The van der Waals surface area contributed by atoms with Crippen LogP contribution in [0.25, 0.3) is 0 Å². The van der Waals surface area contributed by atoms with Crippen LogP contribution in [-0.4, -0.2) is 17.1 Å². The third kappa shape index (κ3) is 3.20. The molecule has 5 heteroatoms. The van der Waals surface area contributed by atoms with Gasteiger partial charge in [0.2, 0.25) is 0 Å². The Labute approximate surface area is 115 Å². The van der Waals surface area contributed by atoms with Crippen LogP contribution in [-0.2, 0) is 6.54 Å². The minimum absolute atomic E-state index is 0.695. The molecule has 2 aromatic rings. The number of ether oxygens (including phenoxy) is 1. The SMILES string of the molecule is COc1ccc(CNc2cncc(C)n2)cc1Br. The van der Waals surface area contributed by atoms with Gasteiger partial charge >= 0.3 is 0 Å². The number of aromatic nitrogens is 2. The van der Waals surface area contributed by atoms with Crippen LogP contribution in [0.1, 0.15) is 11.3 Å². The Bertz CT molecular complexity index is 546. The summed E-state index contributed by atoms with van der Waals surface area (Å²) in [6.07, 6.45) is 3.45. The molecule has 0 bridgehead atoms. The van der Waals surface area contributed by atoms with Crippen LogP contribution in [0.2, 0.25) is 0 Å². The highest BCUT2D eigenvalue weighted by molar-refractivity contribution is 9.10. The number of hydrogen-bond donors (Lipinski definition) is 1. The van der Waals surface area contributed by atoms with Crippen molar-refractivity contribution in [1.29, 1.82) is 0 Å². The molecule has 1 N–H and O–H groups in total. The number of halogens is 1. The predicted octanol–water partition coefficient (Wildman–Crippen LogP) is 3.17. The average Bonchev–Trinajstić information content (AvgIpc) is 2.37. The number of anilines is 1. The van der Waals surface area contributed by atoms with E-state index in [1.165, 1.54) is 0 Å². The number of rotatable bonds is 4. The van der Waals surface area contributed by atoms with Crippen molar-refractivity contribution >= 4 is 21.7 Å². The number of aryl methyl sites for hydroxylation is 1. The lowest BCUT2D eigenvalue weighted by Gasteiger charge is -2.08. The minimum atomic E-state index is 0.695. The zero-order valence-corrected chi connectivity index (χ0v) is 11.9. The Hall–Kier alpha value is -1.62. The van der Waals surface area contributed by atoms with E-state index in [9.17, 15) is 0 Å². The molecule has 0 amide bonds. The summed E-state index contributed by atoms with van der Waals surface area (Å²) in [5.41, 5.74) is 2.04. The molecule has 0 aliphatic carbocycles. The first-order chi connectivity index (χ1) is 8.69. The first kappa shape index (κ1) is 12.8. The zero-order chi connectivity index (χ0) is 13.0. The summed E-state index contributed by atoms with van der Waals surface area (Å²) in [6.45, 7) is 2.61. The van der Waals surface area contributed by atoms with Crippen molar-refractivity contribution in [2.75, 3.05) is 12.4 Å². The highest BCUT2D eigenvalue weighted by Gasteiger charge is 2.02. The summed E-state index contributed by atoms with van der Waals surface area (Å²) in [7, 11) is 1.65. The molecule has 2 rings (SSSR count). The van der Waals surface area contributed by atoms with Gasteiger partial charge in [-0.3, -0.25) is 4.98 Å². The second kappa shape index (κ2) is 5.82. The molecule has 0 aliphatic heterocycles. The Morgan fingerprint density at radius 3 is 2.83 bits per heavy atom. The van der Waals surface area contributed by atoms with Gasteiger partial charge in [0.15, 0.2) is 0 Å². The second-order valence-corrected chi connectivity index (χ2v) is 4.72. The molecule has 1 aromatic carbocycles. The fraction of sp³-hybridized carbons (Fsp3) is 0.231. The molecule has 0 fully saturated rings. The molecule has 0 spiro atoms. The molecular weight excluding hydrogens is 294 g/mol. The Kier molecular flexibility index (Phi) is 4.15. The number of nitrogens with one attached hydrogen (secondary N) is 1. The van der Waals surface area contributed by atoms with Crippen molar-refractivity contribution in [2.45, 2.75) is 13.5 Å². The lowest BCUT2D eigenvalue weighted by molar-refractivity contribution is 0.412. The smallest absolute Gasteiger partial charge is 0.145 e. The van der Waals surface area contributed by atoms with E-state index in [0.717, 1.165) is 27.3 Å². The van der Waals surface area contributed by atoms with Gasteiger partial charge in [-0.25, -0.2) is 4.98 Å². The van der Waals surface area contributed by atoms with Crippen molar-refractivity contribution in [1.82, 2.24) is 9.97 Å². The van der Waals surface area contributed by atoms with Gasteiger partial charge in [-0.2, -0.15) is 0 Å². The van der Waals surface area contributed by atoms with Crippen molar-refractivity contribution in [3.05, 3.63) is 46.3 Å². The maximum atomic E-state index is 5.19. The van der Waals surface area contributed by atoms with Crippen LogP contribution in [0.3, 0.4) is 0 Å². The van der Waals surface area contributed by atoms with Crippen LogP contribution < -0.4 is 10.1 Å². The van der Waals surface area contributed by atoms with E-state index in [0.29, 0.717) is 6.54 Å². The van der Waals surface area contributed by atoms with E-state index in [4.69, 9.17) is 4.74 Å². The first-order valence-electron chi connectivity index (χ1n) is 5.54. The van der Waals surface area contributed by atoms with Gasteiger partial charge in [-0.05, 0) is 40.5 Å². The third-order valence-electron chi connectivity index (χ3n) is 2.44. The van der Waals surface area contributed by atoms with E-state index in [-0.39, 0.29) is 0 Å². The molecule has 18 heavy (non-hydrogen) atoms. The summed E-state index contributed by atoms with van der Waals surface area (Å²) < 4.78 is 6.13. The zero-order valence-electron chi connectivity index (χ0n) is 10.3. The number of hydrogen-bond acceptors (Lipinski definition) is 4. The average molecular weight is 308 g/mol. The van der Waals surface area contributed by atoms with Crippen molar-refractivity contribution < 1.29 is 4.74 Å². The fourth-order valence-electron chi connectivity index (χ4n) is 1.56. The third-order valence-corrected chi connectivity index (χ3v) is 3.06. The molecule has 1 aromatic heterocycles. The molecule has 94 valence electrons. The van der Waals surface area contributed by atoms with Gasteiger partial charge in [0.25, 0.3) is 0 Å². The normalized spacial score (nSPS) is 10.2. The largest absolute Gasteiger partial charge is 0.496 e. The summed E-state index contributed by atoms with van der Waals surface area (Å²) in [5, 5.41) is 3.23. The van der Waals surface area contributed by atoms with Gasteiger partial charge in [-0.15, -0.1) is 0 Å². The van der Waals surface area contributed by atoms with Gasteiger partial charge < -0.3 is 10.1 Å². The molecular formula is C13H14BrN3O. The Morgan fingerprint density at radius 2 is 2.17 bits per heavy atom. The van der Waals surface area contributed by atoms with Crippen LogP contribution in [0.15, 0.2) is 35.1 Å². The Balaban J connectivity index is 2.04. The van der Waals surface area contributed by atoms with Crippen molar-refractivity contribution in [3.8, 4) is 5.75 Å². The van der Waals surface area contributed by atoms with E-state index >= 15 is 0 Å². The molecule has 0 aliphatic rings. The van der Waals surface area contributed by atoms with Gasteiger partial charge in [-0.1, -0.05) is 6.07 Å². The van der Waals surface area contributed by atoms with Crippen LogP contribution in [0.5, 0.6) is 5.75 Å². The first-order valence-corrected chi connectivity index (χ1v) is 6.33. The summed E-state index contributed by atoms with van der Waals surface area (Å²) in [5.74, 6) is 1.61. The summed E-state index contributed by atoms with van der Waals surface area (Å²) in [6, 6.07) is 5.97. The van der Waals surface area contributed by atoms with Crippen LogP contribution in [0.4, 0.5) is 5.82 Å². The van der Waals surface area contributed by atoms with Crippen LogP contribution >= 0.6 is 15.9 Å². The van der Waals surface area contributed by atoms with Crippen molar-refractivity contribution in [3.63, 3.8) is 0 Å². The number of methoxy groups -OCH3 is 1. The summed E-state index contributed by atoms with van der Waals surface area (Å²) >= 11 is 3.46. The topological polar surface area (TPSA) is 47.0 Å². The van der Waals surface area contributed by atoms with Gasteiger partial charge in [0.1, 0.15) is 11.6 Å². The highest BCUT2D eigenvalue weighted by Crippen LogP contribution is 2.25. The van der Waals surface area contributed by atoms with E-state index in [1.807, 2.05) is 25.1 Å². The maximum Gasteiger partial charge on any atom is 0.145 e. The molecule has 0 radical (unpaired) electrons. The van der Waals surface area contributed by atoms with E-state index in [1.54, 1.807) is 19.5 Å². The molecule has 4 nitrogen and oxygen atoms in total. The predicted molar refractivity (Wildman–Crippen MR) is 74.8 cm³/mol. The van der Waals surface area contributed by atoms with Crippen LogP contribution in [0, 0.1) is 6.92 Å². The monoisotopic (exact) mass is 307 g/mol. The second-order valence-electron chi connectivity index (χ2n) is 3.87.